The fraction of sp³-hybridized carbons (Fsp3) is 0.381. The second-order valence-electron chi connectivity index (χ2n) is 7.61. The van der Waals surface area contributed by atoms with Crippen LogP contribution in [0.5, 0.6) is 0 Å². The summed E-state index contributed by atoms with van der Waals surface area (Å²) in [7, 11) is 0.0786. The molecule has 2 unspecified atom stereocenters. The van der Waals surface area contributed by atoms with Crippen LogP contribution in [-0.4, -0.2) is 58.0 Å². The van der Waals surface area contributed by atoms with Crippen molar-refractivity contribution in [1.82, 2.24) is 4.31 Å². The Hall–Kier alpha value is -2.13. The van der Waals surface area contributed by atoms with Crippen LogP contribution in [-0.2, 0) is 14.8 Å². The lowest BCUT2D eigenvalue weighted by atomic mass is 10.2. The van der Waals surface area contributed by atoms with Crippen LogP contribution in [0, 0.1) is 0 Å². The van der Waals surface area contributed by atoms with Crippen molar-refractivity contribution in [3.05, 3.63) is 53.1 Å². The van der Waals surface area contributed by atoms with Crippen LogP contribution in [0.4, 0.5) is 11.4 Å². The fourth-order valence-corrected chi connectivity index (χ4v) is 5.21. The quantitative estimate of drug-likeness (QED) is 0.753. The lowest BCUT2D eigenvalue weighted by molar-refractivity contribution is -0.0440. The van der Waals surface area contributed by atoms with E-state index in [0.29, 0.717) is 29.4 Å². The number of amides is 1. The second kappa shape index (κ2) is 8.93. The molecule has 1 amide bonds. The molecular weight excluding hydrogens is 426 g/mol. The smallest absolute Gasteiger partial charge is 0.255 e. The number of hydrogen-bond acceptors (Lipinski definition) is 5. The predicted octanol–water partition coefficient (Wildman–Crippen LogP) is 3.46. The number of carbonyl (C=O) groups is 1. The zero-order valence-corrected chi connectivity index (χ0v) is 19.0. The number of ether oxygens (including phenoxy) is 1. The van der Waals surface area contributed by atoms with Crippen molar-refractivity contribution in [3.8, 4) is 0 Å². The highest BCUT2D eigenvalue weighted by atomic mass is 35.5. The first-order valence-corrected chi connectivity index (χ1v) is 11.4. The van der Waals surface area contributed by atoms with Gasteiger partial charge in [-0.15, -0.1) is 0 Å². The van der Waals surface area contributed by atoms with Gasteiger partial charge in [0.25, 0.3) is 5.91 Å². The summed E-state index contributed by atoms with van der Waals surface area (Å²) in [5, 5.41) is 3.35. The first-order chi connectivity index (χ1) is 14.1. The minimum atomic E-state index is -3.66. The molecule has 1 N–H and O–H groups in total. The molecule has 162 valence electrons. The summed E-state index contributed by atoms with van der Waals surface area (Å²) >= 11 is 6.07. The van der Waals surface area contributed by atoms with Gasteiger partial charge in [0.05, 0.1) is 28.5 Å². The Bertz CT molecular complexity index is 1020. The van der Waals surface area contributed by atoms with Crippen molar-refractivity contribution in [2.75, 3.05) is 37.4 Å². The highest BCUT2D eigenvalue weighted by Crippen LogP contribution is 2.28. The molecule has 1 heterocycles. The van der Waals surface area contributed by atoms with Gasteiger partial charge < -0.3 is 15.0 Å². The molecule has 2 aromatic rings. The summed E-state index contributed by atoms with van der Waals surface area (Å²) in [6.45, 7) is 4.31. The minimum absolute atomic E-state index is 0.150. The zero-order valence-electron chi connectivity index (χ0n) is 17.4. The molecule has 0 saturated carbocycles. The Morgan fingerprint density at radius 1 is 1.10 bits per heavy atom. The zero-order chi connectivity index (χ0) is 22.1. The fourth-order valence-electron chi connectivity index (χ4n) is 3.45. The van der Waals surface area contributed by atoms with Crippen LogP contribution in [0.25, 0.3) is 0 Å². The number of rotatable bonds is 5. The number of anilines is 2. The molecule has 0 aliphatic carbocycles. The summed E-state index contributed by atoms with van der Waals surface area (Å²) in [5.41, 5.74) is 1.73. The maximum atomic E-state index is 13.0. The summed E-state index contributed by atoms with van der Waals surface area (Å²) in [6, 6.07) is 11.2. The maximum absolute atomic E-state index is 13.0. The number of sulfonamides is 1. The number of morpholine rings is 1. The highest BCUT2D eigenvalue weighted by Gasteiger charge is 2.32. The van der Waals surface area contributed by atoms with Crippen molar-refractivity contribution in [1.29, 1.82) is 0 Å². The van der Waals surface area contributed by atoms with Crippen molar-refractivity contribution in [3.63, 3.8) is 0 Å². The Labute approximate surface area is 182 Å². The van der Waals surface area contributed by atoms with Crippen LogP contribution in [0.15, 0.2) is 47.4 Å². The van der Waals surface area contributed by atoms with E-state index in [0.717, 1.165) is 5.69 Å². The topological polar surface area (TPSA) is 79.0 Å². The van der Waals surface area contributed by atoms with E-state index in [9.17, 15) is 13.2 Å². The van der Waals surface area contributed by atoms with Crippen molar-refractivity contribution in [2.24, 2.45) is 0 Å². The molecule has 0 bridgehead atoms. The number of halogens is 1. The first kappa shape index (κ1) is 22.6. The normalized spacial score (nSPS) is 20.0. The number of benzene rings is 2. The number of nitrogens with one attached hydrogen (secondary N) is 1. The molecule has 0 aromatic heterocycles. The largest absolute Gasteiger partial charge is 0.376 e. The monoisotopic (exact) mass is 451 g/mol. The molecule has 9 heteroatoms. The third-order valence-corrected chi connectivity index (χ3v) is 6.91. The molecule has 0 radical (unpaired) electrons. The van der Waals surface area contributed by atoms with Crippen molar-refractivity contribution >= 4 is 38.9 Å². The van der Waals surface area contributed by atoms with E-state index in [1.165, 1.54) is 28.6 Å². The molecule has 30 heavy (non-hydrogen) atoms. The molecule has 3 rings (SSSR count). The number of hydrogen-bond donors (Lipinski definition) is 1. The van der Waals surface area contributed by atoms with Crippen LogP contribution in [0.2, 0.25) is 5.02 Å². The Morgan fingerprint density at radius 3 is 2.27 bits per heavy atom. The summed E-state index contributed by atoms with van der Waals surface area (Å²) in [6.07, 6.45) is -0.339. The van der Waals surface area contributed by atoms with E-state index in [4.69, 9.17) is 16.3 Å². The van der Waals surface area contributed by atoms with Gasteiger partial charge in [0.2, 0.25) is 10.0 Å². The van der Waals surface area contributed by atoms with E-state index in [2.05, 4.69) is 5.32 Å². The van der Waals surface area contributed by atoms with Gasteiger partial charge in [-0.2, -0.15) is 4.31 Å². The number of nitrogens with zero attached hydrogens (tertiary/aromatic N) is 2. The Kier molecular flexibility index (Phi) is 6.71. The predicted molar refractivity (Wildman–Crippen MR) is 119 cm³/mol. The van der Waals surface area contributed by atoms with Crippen molar-refractivity contribution < 1.29 is 17.9 Å². The van der Waals surface area contributed by atoms with Gasteiger partial charge in [-0.05, 0) is 56.3 Å². The van der Waals surface area contributed by atoms with E-state index < -0.39 is 10.0 Å². The minimum Gasteiger partial charge on any atom is -0.376 e. The summed E-state index contributed by atoms with van der Waals surface area (Å²) < 4.78 is 33.0. The standard InChI is InChI=1S/C21H26ClN3O4S/c1-14-12-25(13-15(2)29-14)30(27,28)18-8-5-16(6-9-18)21(26)23-19-11-17(22)7-10-20(19)24(3)4/h5-11,14-15H,12-13H2,1-4H3,(H,23,26). The third kappa shape index (κ3) is 4.95. The number of carbonyl (C=O) groups excluding carboxylic acids is 1. The van der Waals surface area contributed by atoms with Gasteiger partial charge in [0, 0.05) is 37.8 Å². The average Bonchev–Trinajstić information content (AvgIpc) is 2.67. The molecule has 1 aliphatic rings. The van der Waals surface area contributed by atoms with Gasteiger partial charge in [0.15, 0.2) is 0 Å². The maximum Gasteiger partial charge on any atom is 0.255 e. The molecule has 1 aliphatic heterocycles. The first-order valence-electron chi connectivity index (χ1n) is 9.62. The van der Waals surface area contributed by atoms with E-state index >= 15 is 0 Å². The van der Waals surface area contributed by atoms with Gasteiger partial charge in [-0.1, -0.05) is 11.6 Å². The van der Waals surface area contributed by atoms with Crippen LogP contribution in [0.3, 0.4) is 0 Å². The van der Waals surface area contributed by atoms with E-state index in [1.54, 1.807) is 12.1 Å². The molecule has 0 spiro atoms. The lowest BCUT2D eigenvalue weighted by Gasteiger charge is -2.34. The molecule has 1 fully saturated rings. The summed E-state index contributed by atoms with van der Waals surface area (Å²) in [4.78, 5) is 14.7. The van der Waals surface area contributed by atoms with Crippen molar-refractivity contribution in [2.45, 2.75) is 31.0 Å². The van der Waals surface area contributed by atoms with Gasteiger partial charge in [-0.25, -0.2) is 8.42 Å². The SMILES string of the molecule is CC1CN(S(=O)(=O)c2ccc(C(=O)Nc3cc(Cl)ccc3N(C)C)cc2)CC(C)O1. The Balaban J connectivity index is 1.79. The molecule has 2 aromatic carbocycles. The summed E-state index contributed by atoms with van der Waals surface area (Å²) in [5.74, 6) is -0.349. The van der Waals surface area contributed by atoms with E-state index in [1.807, 2.05) is 38.9 Å². The van der Waals surface area contributed by atoms with Crippen LogP contribution < -0.4 is 10.2 Å². The molecule has 2 atom stereocenters. The molecule has 7 nitrogen and oxygen atoms in total. The highest BCUT2D eigenvalue weighted by molar-refractivity contribution is 7.89. The lowest BCUT2D eigenvalue weighted by Crippen LogP contribution is -2.48. The molecule has 1 saturated heterocycles. The second-order valence-corrected chi connectivity index (χ2v) is 9.99. The average molecular weight is 452 g/mol. The third-order valence-electron chi connectivity index (χ3n) is 4.83. The van der Waals surface area contributed by atoms with Gasteiger partial charge in [-0.3, -0.25) is 4.79 Å². The van der Waals surface area contributed by atoms with Crippen LogP contribution >= 0.6 is 11.6 Å². The van der Waals surface area contributed by atoms with Gasteiger partial charge in [0.1, 0.15) is 0 Å². The van der Waals surface area contributed by atoms with Crippen LogP contribution in [0.1, 0.15) is 24.2 Å². The molecular formula is C21H26ClN3O4S. The van der Waals surface area contributed by atoms with E-state index in [-0.39, 0.29) is 23.0 Å². The Morgan fingerprint density at radius 2 is 1.70 bits per heavy atom. The van der Waals surface area contributed by atoms with Gasteiger partial charge >= 0.3 is 0 Å².